The molecule has 190 valence electrons. The Labute approximate surface area is 206 Å². The third-order valence-electron chi connectivity index (χ3n) is 7.10. The fraction of sp³-hybridized carbons (Fsp3) is 0.741. The van der Waals surface area contributed by atoms with Crippen LogP contribution in [0.1, 0.15) is 86.6 Å². The van der Waals surface area contributed by atoms with Gasteiger partial charge < -0.3 is 24.1 Å². The van der Waals surface area contributed by atoms with Crippen LogP contribution in [-0.4, -0.2) is 54.7 Å². The number of nitrogens with one attached hydrogen (secondary N) is 1. The van der Waals surface area contributed by atoms with Crippen LogP contribution in [0.25, 0.3) is 0 Å². The first-order chi connectivity index (χ1) is 15.8. The van der Waals surface area contributed by atoms with E-state index in [1.807, 2.05) is 39.8 Å². The molecule has 0 spiro atoms. The molecule has 0 bridgehead atoms. The van der Waals surface area contributed by atoms with Gasteiger partial charge in [-0.15, -0.1) is 0 Å². The van der Waals surface area contributed by atoms with Crippen molar-refractivity contribution < 1.29 is 23.6 Å². The van der Waals surface area contributed by atoms with Crippen LogP contribution in [0.3, 0.4) is 0 Å². The predicted octanol–water partition coefficient (Wildman–Crippen LogP) is 4.18. The van der Waals surface area contributed by atoms with Gasteiger partial charge in [0.2, 0.25) is 0 Å². The highest BCUT2D eigenvalue weighted by molar-refractivity contribution is 6.62. The lowest BCUT2D eigenvalue weighted by molar-refractivity contribution is -0.158. The van der Waals surface area contributed by atoms with E-state index in [1.165, 1.54) is 0 Å². The van der Waals surface area contributed by atoms with Crippen molar-refractivity contribution in [3.05, 3.63) is 29.8 Å². The number of ether oxygens (including phenoxy) is 2. The van der Waals surface area contributed by atoms with E-state index < -0.39 is 6.04 Å². The van der Waals surface area contributed by atoms with Crippen LogP contribution in [0, 0.1) is 0 Å². The zero-order valence-electron chi connectivity index (χ0n) is 22.4. The minimum Gasteiger partial charge on any atom is -0.461 e. The minimum absolute atomic E-state index is 0.0373. The van der Waals surface area contributed by atoms with E-state index >= 15 is 0 Å². The molecule has 0 radical (unpaired) electrons. The SMILES string of the molecule is C[C@@H](OC(C)(C)C)[C@H](NCCc1cccc(B2OC(C)(C)C(C)(C)O2)c1)C(=O)OC1CCCC1. The molecule has 0 unspecified atom stereocenters. The largest absolute Gasteiger partial charge is 0.494 e. The maximum Gasteiger partial charge on any atom is 0.494 e. The molecular weight excluding hydrogens is 429 g/mol. The van der Waals surface area contributed by atoms with Gasteiger partial charge in [0.05, 0.1) is 22.9 Å². The Morgan fingerprint density at radius 3 is 2.35 bits per heavy atom. The Morgan fingerprint density at radius 1 is 1.15 bits per heavy atom. The molecule has 2 fully saturated rings. The zero-order valence-corrected chi connectivity index (χ0v) is 22.4. The average molecular weight is 473 g/mol. The summed E-state index contributed by atoms with van der Waals surface area (Å²) < 4.78 is 24.3. The van der Waals surface area contributed by atoms with E-state index in [9.17, 15) is 4.79 Å². The number of carbonyl (C=O) groups excluding carboxylic acids is 1. The van der Waals surface area contributed by atoms with Crippen molar-refractivity contribution in [2.45, 2.75) is 123 Å². The van der Waals surface area contributed by atoms with Gasteiger partial charge in [-0.05, 0) is 98.5 Å². The van der Waals surface area contributed by atoms with Gasteiger partial charge in [0, 0.05) is 6.54 Å². The van der Waals surface area contributed by atoms with Crippen LogP contribution in [0.15, 0.2) is 24.3 Å². The molecule has 34 heavy (non-hydrogen) atoms. The first kappa shape index (κ1) is 27.2. The quantitative estimate of drug-likeness (QED) is 0.429. The number of hydrogen-bond acceptors (Lipinski definition) is 6. The Kier molecular flexibility index (Phi) is 8.55. The highest BCUT2D eigenvalue weighted by Crippen LogP contribution is 2.36. The molecule has 1 heterocycles. The standard InChI is InChI=1S/C27H44BNO5/c1-19(32-25(2,3)4)23(24(30)31-22-14-9-10-15-22)29-17-16-20-12-11-13-21(18-20)28-33-26(5,6)27(7,8)34-28/h11-13,18-19,22-23,29H,9-10,14-17H2,1-8H3/t19-,23+/m1/s1. The third-order valence-corrected chi connectivity index (χ3v) is 7.10. The first-order valence-electron chi connectivity index (χ1n) is 12.8. The van der Waals surface area contributed by atoms with Crippen molar-refractivity contribution in [1.29, 1.82) is 0 Å². The highest BCUT2D eigenvalue weighted by atomic mass is 16.7. The molecule has 1 saturated carbocycles. The first-order valence-corrected chi connectivity index (χ1v) is 12.8. The summed E-state index contributed by atoms with van der Waals surface area (Å²) in [5.74, 6) is -0.213. The lowest BCUT2D eigenvalue weighted by Crippen LogP contribution is -2.50. The second kappa shape index (κ2) is 10.7. The fourth-order valence-electron chi connectivity index (χ4n) is 4.56. The van der Waals surface area contributed by atoms with Crippen molar-refractivity contribution in [2.75, 3.05) is 6.54 Å². The van der Waals surface area contributed by atoms with Crippen LogP contribution in [0.5, 0.6) is 0 Å². The molecular formula is C27H44BNO5. The number of esters is 1. The van der Waals surface area contributed by atoms with E-state index in [0.29, 0.717) is 6.54 Å². The molecule has 6 nitrogen and oxygen atoms in total. The van der Waals surface area contributed by atoms with E-state index in [4.69, 9.17) is 18.8 Å². The van der Waals surface area contributed by atoms with Crippen LogP contribution in [0.4, 0.5) is 0 Å². The van der Waals surface area contributed by atoms with Crippen molar-refractivity contribution in [3.63, 3.8) is 0 Å². The third kappa shape index (κ3) is 7.06. The molecule has 2 atom stereocenters. The predicted molar refractivity (Wildman–Crippen MR) is 136 cm³/mol. The van der Waals surface area contributed by atoms with Crippen molar-refractivity contribution in [3.8, 4) is 0 Å². The Balaban J connectivity index is 1.62. The second-order valence-corrected chi connectivity index (χ2v) is 11.8. The van der Waals surface area contributed by atoms with Gasteiger partial charge in [-0.3, -0.25) is 4.79 Å². The second-order valence-electron chi connectivity index (χ2n) is 11.8. The number of carbonyl (C=O) groups is 1. The molecule has 7 heteroatoms. The van der Waals surface area contributed by atoms with Crippen molar-refractivity contribution in [1.82, 2.24) is 5.32 Å². The number of hydrogen-bond donors (Lipinski definition) is 1. The van der Waals surface area contributed by atoms with E-state index in [1.54, 1.807) is 0 Å². The smallest absolute Gasteiger partial charge is 0.461 e. The van der Waals surface area contributed by atoms with Crippen LogP contribution < -0.4 is 10.8 Å². The summed E-state index contributed by atoms with van der Waals surface area (Å²) in [5.41, 5.74) is 1.09. The summed E-state index contributed by atoms with van der Waals surface area (Å²) in [7, 11) is -0.382. The van der Waals surface area contributed by atoms with Crippen LogP contribution >= 0.6 is 0 Å². The highest BCUT2D eigenvalue weighted by Gasteiger charge is 2.51. The van der Waals surface area contributed by atoms with E-state index in [0.717, 1.165) is 43.1 Å². The van der Waals surface area contributed by atoms with Gasteiger partial charge in [0.1, 0.15) is 12.1 Å². The minimum atomic E-state index is -0.508. The molecule has 0 amide bonds. The van der Waals surface area contributed by atoms with Gasteiger partial charge in [-0.1, -0.05) is 24.3 Å². The Hall–Kier alpha value is -1.41. The molecule has 3 rings (SSSR count). The van der Waals surface area contributed by atoms with Crippen molar-refractivity contribution in [2.24, 2.45) is 0 Å². The normalized spacial score (nSPS) is 22.1. The maximum absolute atomic E-state index is 13.0. The van der Waals surface area contributed by atoms with E-state index in [-0.39, 0.29) is 42.1 Å². The lowest BCUT2D eigenvalue weighted by atomic mass is 9.78. The van der Waals surface area contributed by atoms with Gasteiger partial charge in [0.25, 0.3) is 0 Å². The summed E-state index contributed by atoms with van der Waals surface area (Å²) in [6, 6.07) is 7.79. The van der Waals surface area contributed by atoms with Gasteiger partial charge >= 0.3 is 13.1 Å². The van der Waals surface area contributed by atoms with Gasteiger partial charge in [0.15, 0.2) is 0 Å². The number of benzene rings is 1. The summed E-state index contributed by atoms with van der Waals surface area (Å²) in [5, 5.41) is 3.42. The summed E-state index contributed by atoms with van der Waals surface area (Å²) in [6.45, 7) is 16.8. The van der Waals surface area contributed by atoms with E-state index in [2.05, 4.69) is 45.1 Å². The molecule has 1 aliphatic heterocycles. The molecule has 1 saturated heterocycles. The van der Waals surface area contributed by atoms with Crippen LogP contribution in [0.2, 0.25) is 0 Å². The summed E-state index contributed by atoms with van der Waals surface area (Å²) >= 11 is 0. The topological polar surface area (TPSA) is 66.0 Å². The molecule has 1 N–H and O–H groups in total. The summed E-state index contributed by atoms with van der Waals surface area (Å²) in [4.78, 5) is 13.0. The van der Waals surface area contributed by atoms with Gasteiger partial charge in [-0.2, -0.15) is 0 Å². The monoisotopic (exact) mass is 473 g/mol. The Bertz CT molecular complexity index is 813. The fourth-order valence-corrected chi connectivity index (χ4v) is 4.56. The zero-order chi connectivity index (χ0) is 25.1. The van der Waals surface area contributed by atoms with Gasteiger partial charge in [-0.25, -0.2) is 0 Å². The molecule has 1 aromatic carbocycles. The Morgan fingerprint density at radius 2 is 1.76 bits per heavy atom. The number of rotatable bonds is 9. The molecule has 1 aromatic rings. The van der Waals surface area contributed by atoms with Crippen molar-refractivity contribution >= 4 is 18.6 Å². The average Bonchev–Trinajstić information content (AvgIpc) is 3.29. The molecule has 0 aromatic heterocycles. The maximum atomic E-state index is 13.0. The molecule has 2 aliphatic rings. The summed E-state index contributed by atoms with van der Waals surface area (Å²) in [6.07, 6.45) is 4.67. The lowest BCUT2D eigenvalue weighted by Gasteiger charge is -2.32. The molecule has 1 aliphatic carbocycles. The van der Waals surface area contributed by atoms with Crippen LogP contribution in [-0.2, 0) is 30.0 Å².